The van der Waals surface area contributed by atoms with Crippen LogP contribution in [0.3, 0.4) is 0 Å². The largest absolute Gasteiger partial charge is 1.00 e. The third-order valence-electron chi connectivity index (χ3n) is 15.1. The minimum atomic E-state index is -1.84. The van der Waals surface area contributed by atoms with Gasteiger partial charge in [-0.05, 0) is 103 Å². The van der Waals surface area contributed by atoms with Gasteiger partial charge in [0.15, 0.2) is 6.29 Å². The lowest BCUT2D eigenvalue weighted by molar-refractivity contribution is -0.144. The van der Waals surface area contributed by atoms with E-state index in [1.54, 1.807) is 12.5 Å². The number of aldehydes is 1. The van der Waals surface area contributed by atoms with Crippen molar-refractivity contribution in [2.45, 2.75) is 50.6 Å². The zero-order valence-corrected chi connectivity index (χ0v) is 51.6. The molecule has 9 aromatic carbocycles. The van der Waals surface area contributed by atoms with Crippen LogP contribution >= 0.6 is 7.26 Å². The molecular formula is C76H72BrN4O5P. The highest BCUT2D eigenvalue weighted by molar-refractivity contribution is 7.95. The van der Waals surface area contributed by atoms with Crippen molar-refractivity contribution >= 4 is 47.5 Å². The molecule has 0 fully saturated rings. The van der Waals surface area contributed by atoms with Crippen LogP contribution in [0.2, 0.25) is 0 Å². The molecule has 0 saturated carbocycles. The Morgan fingerprint density at radius 1 is 0.425 bits per heavy atom. The van der Waals surface area contributed by atoms with Gasteiger partial charge in [-0.2, -0.15) is 0 Å². The van der Waals surface area contributed by atoms with Crippen molar-refractivity contribution in [2.24, 2.45) is 0 Å². The number of aromatic nitrogens is 4. The summed E-state index contributed by atoms with van der Waals surface area (Å²) in [5.41, 5.74) is 6.83. The van der Waals surface area contributed by atoms with Crippen molar-refractivity contribution in [1.29, 1.82) is 0 Å². The molecule has 0 amide bonds. The van der Waals surface area contributed by atoms with Gasteiger partial charge in [0.25, 0.3) is 0 Å². The first-order valence-corrected chi connectivity index (χ1v) is 31.2. The molecule has 0 spiro atoms. The van der Waals surface area contributed by atoms with E-state index < -0.39 is 18.3 Å². The van der Waals surface area contributed by atoms with Gasteiger partial charge in [-0.1, -0.05) is 243 Å². The molecule has 11 heteroatoms. The molecule has 0 aliphatic rings. The third-order valence-corrected chi connectivity index (χ3v) is 19.7. The van der Waals surface area contributed by atoms with Crippen molar-refractivity contribution in [3.8, 4) is 0 Å². The topological polar surface area (TPSA) is 105 Å². The fourth-order valence-electron chi connectivity index (χ4n) is 11.4. The molecular weight excluding hydrogens is 1160 g/mol. The molecule has 0 aliphatic heterocycles. The number of imidazole rings is 2. The minimum Gasteiger partial charge on any atom is -1.00 e. The van der Waals surface area contributed by atoms with Crippen molar-refractivity contribution in [3.63, 3.8) is 0 Å². The Hall–Kier alpha value is -9.34. The predicted molar refractivity (Wildman–Crippen MR) is 350 cm³/mol. The third kappa shape index (κ3) is 15.0. The van der Waals surface area contributed by atoms with Gasteiger partial charge in [-0.15, -0.1) is 0 Å². The molecule has 11 rings (SSSR count). The Morgan fingerprint density at radius 2 is 0.713 bits per heavy atom. The summed E-state index contributed by atoms with van der Waals surface area (Å²) in [5, 5.41) is 4.06. The quantitative estimate of drug-likeness (QED) is 0.0288. The minimum absolute atomic E-state index is 0. The monoisotopic (exact) mass is 1230 g/mol. The van der Waals surface area contributed by atoms with E-state index in [2.05, 4.69) is 221 Å². The highest BCUT2D eigenvalue weighted by Gasteiger charge is 2.45. The Morgan fingerprint density at radius 3 is 1.01 bits per heavy atom. The van der Waals surface area contributed by atoms with Crippen LogP contribution in [0.1, 0.15) is 89.1 Å². The van der Waals surface area contributed by atoms with Gasteiger partial charge in [0.2, 0.25) is 0 Å². The lowest BCUT2D eigenvalue weighted by Crippen LogP contribution is -3.00. The number of carbonyl (C=O) groups excluding carboxylic acids is 3. The van der Waals surface area contributed by atoms with Crippen LogP contribution in [0.4, 0.5) is 0 Å². The predicted octanol–water partition coefficient (Wildman–Crippen LogP) is 11.9. The number of allylic oxidation sites excluding steroid dienone is 1. The van der Waals surface area contributed by atoms with Gasteiger partial charge in [0.05, 0.1) is 37.7 Å². The Kier molecular flexibility index (Phi) is 23.6. The number of hydrogen-bond acceptors (Lipinski definition) is 7. The highest BCUT2D eigenvalue weighted by Crippen LogP contribution is 2.56. The second kappa shape index (κ2) is 32.2. The second-order valence-electron chi connectivity index (χ2n) is 20.3. The molecule has 0 radical (unpaired) electrons. The molecule has 11 aromatic rings. The van der Waals surface area contributed by atoms with E-state index in [0.29, 0.717) is 38.2 Å². The van der Waals surface area contributed by atoms with Crippen molar-refractivity contribution in [2.75, 3.05) is 19.4 Å². The highest BCUT2D eigenvalue weighted by atomic mass is 79.9. The lowest BCUT2D eigenvalue weighted by Gasteiger charge is -2.37. The van der Waals surface area contributed by atoms with E-state index in [0.717, 1.165) is 57.9 Å². The SMILES string of the molecule is CCOC(=O)CC/C=C\c1cn(C(c2ccccc2)(c2ccccc2)c2ccccc2)cn1.CCOC(=O)CCC[P+](c1ccccc1)(c1ccccc1)c1ccccc1.O=Cc1cn(C(c2ccccc2)(c2ccccc2)c2ccccc2)cn1.[Br-]. The number of ether oxygens (including phenoxy) is 2. The summed E-state index contributed by atoms with van der Waals surface area (Å²) < 4.78 is 14.3. The summed E-state index contributed by atoms with van der Waals surface area (Å²) in [6.07, 6.45) is 15.4. The van der Waals surface area contributed by atoms with Crippen LogP contribution in [-0.4, -0.2) is 56.7 Å². The zero-order valence-electron chi connectivity index (χ0n) is 49.1. The summed E-state index contributed by atoms with van der Waals surface area (Å²) in [6, 6.07) is 94.7. The first kappa shape index (κ1) is 63.7. The van der Waals surface area contributed by atoms with Crippen molar-refractivity contribution in [3.05, 3.63) is 349 Å². The van der Waals surface area contributed by atoms with E-state index in [1.807, 2.05) is 110 Å². The van der Waals surface area contributed by atoms with Gasteiger partial charge >= 0.3 is 11.9 Å². The first-order chi connectivity index (χ1) is 42.4. The average Bonchev–Trinajstić information content (AvgIpc) is 1.80. The van der Waals surface area contributed by atoms with Crippen molar-refractivity contribution in [1.82, 2.24) is 19.1 Å². The number of rotatable bonds is 22. The molecule has 0 bridgehead atoms. The van der Waals surface area contributed by atoms with Crippen LogP contribution in [0.15, 0.2) is 304 Å². The van der Waals surface area contributed by atoms with Gasteiger partial charge < -0.3 is 35.6 Å². The summed E-state index contributed by atoms with van der Waals surface area (Å²) >= 11 is 0. The molecule has 87 heavy (non-hydrogen) atoms. The first-order valence-electron chi connectivity index (χ1n) is 29.3. The smallest absolute Gasteiger partial charge is 0.306 e. The molecule has 0 aliphatic carbocycles. The molecule has 0 N–H and O–H groups in total. The van der Waals surface area contributed by atoms with Crippen LogP contribution in [-0.2, 0) is 30.1 Å². The summed E-state index contributed by atoms with van der Waals surface area (Å²) in [7, 11) is -1.84. The normalized spacial score (nSPS) is 11.2. The van der Waals surface area contributed by atoms with Crippen LogP contribution < -0.4 is 32.9 Å². The van der Waals surface area contributed by atoms with E-state index in [4.69, 9.17) is 9.47 Å². The molecule has 9 nitrogen and oxygen atoms in total. The fraction of sp³-hybridized carbons (Fsp3) is 0.145. The molecule has 0 saturated heterocycles. The number of nitrogens with zero attached hydrogens (tertiary/aromatic N) is 4. The van der Waals surface area contributed by atoms with Gasteiger partial charge in [0, 0.05) is 25.2 Å². The van der Waals surface area contributed by atoms with Crippen LogP contribution in [0.25, 0.3) is 6.08 Å². The van der Waals surface area contributed by atoms with Crippen molar-refractivity contribution < 1.29 is 40.8 Å². The lowest BCUT2D eigenvalue weighted by atomic mass is 9.77. The van der Waals surface area contributed by atoms with Crippen LogP contribution in [0, 0.1) is 0 Å². The molecule has 0 atom stereocenters. The fourth-order valence-corrected chi connectivity index (χ4v) is 15.7. The second-order valence-corrected chi connectivity index (χ2v) is 24.0. The maximum absolute atomic E-state index is 11.9. The molecule has 2 heterocycles. The maximum atomic E-state index is 11.9. The Bertz CT molecular complexity index is 3530. The summed E-state index contributed by atoms with van der Waals surface area (Å²) in [5.74, 6) is -0.284. The maximum Gasteiger partial charge on any atom is 0.306 e. The van der Waals surface area contributed by atoms with Crippen LogP contribution in [0.5, 0.6) is 0 Å². The van der Waals surface area contributed by atoms with E-state index >= 15 is 0 Å². The Labute approximate surface area is 523 Å². The summed E-state index contributed by atoms with van der Waals surface area (Å²) in [6.45, 7) is 4.52. The standard InChI is InChI=1S/C29H28N2O2.C24H26O2P.C23H18N2O.BrH/c1-2-33-28(32)21-13-12-20-27-22-31(23-30-27)29(24-14-6-3-7-15-24,25-16-8-4-9-17-25)26-18-10-5-11-19-26;1-2-26-24(25)19-12-20-27(21-13-6-3-7-14-21,22-15-8-4-9-16-22)23-17-10-5-11-18-23;26-17-22-16-25(18-24-22)23(19-10-4-1-5-11-19,20-12-6-2-7-13-20)21-14-8-3-9-15-21;/h3-12,14-20,22-23H,2,13,21H2,1H3;3-11,13-18H,2,12,19-20H2,1H3;1-18H;1H/q;+1;;/p-1/b20-12-;;;. The zero-order chi connectivity index (χ0) is 59.7. The number of esters is 2. The number of carbonyl (C=O) groups is 3. The number of benzene rings is 9. The molecule has 2 aromatic heterocycles. The number of hydrogen-bond donors (Lipinski definition) is 0. The number of halogens is 1. The van der Waals surface area contributed by atoms with Gasteiger partial charge in [-0.3, -0.25) is 14.4 Å². The van der Waals surface area contributed by atoms with E-state index in [9.17, 15) is 14.4 Å². The van der Waals surface area contributed by atoms with E-state index in [-0.39, 0.29) is 28.9 Å². The summed E-state index contributed by atoms with van der Waals surface area (Å²) in [4.78, 5) is 43.7. The van der Waals surface area contributed by atoms with E-state index in [1.165, 1.54) is 15.9 Å². The Balaban J connectivity index is 0.000000170. The molecule has 0 unspecified atom stereocenters. The van der Waals surface area contributed by atoms with Gasteiger partial charge in [0.1, 0.15) is 39.9 Å². The average molecular weight is 1230 g/mol. The molecule has 438 valence electrons. The van der Waals surface area contributed by atoms with Gasteiger partial charge in [-0.25, -0.2) is 9.97 Å².